The second-order valence-corrected chi connectivity index (χ2v) is 9.02. The first-order valence-corrected chi connectivity index (χ1v) is 10.6. The van der Waals surface area contributed by atoms with Crippen LogP contribution in [-0.2, 0) is 12.7 Å². The van der Waals surface area contributed by atoms with Gasteiger partial charge in [0.2, 0.25) is 0 Å². The standard InChI is InChI=1S/C18H11Br2ClF3N5S/c1-17(7-25,26-16(30)9-2-4-10(5-3-9)18(22,23)24)8-29-27-14-11(19)6-12(21)13(20)15(14)28-29/h2-6H,8H2,1H3,(H,26,30). The molecule has 2 aromatic carbocycles. The Bertz CT molecular complexity index is 1170. The molecule has 5 nitrogen and oxygen atoms in total. The Morgan fingerprint density at radius 1 is 1.23 bits per heavy atom. The van der Waals surface area contributed by atoms with Crippen LogP contribution in [0.4, 0.5) is 13.2 Å². The smallest absolute Gasteiger partial charge is 0.357 e. The first-order valence-electron chi connectivity index (χ1n) is 8.23. The van der Waals surface area contributed by atoms with Crippen molar-refractivity contribution in [3.8, 4) is 6.07 Å². The summed E-state index contributed by atoms with van der Waals surface area (Å²) in [6.45, 7) is 1.62. The van der Waals surface area contributed by atoms with Crippen molar-refractivity contribution >= 4 is 71.7 Å². The fourth-order valence-corrected chi connectivity index (χ4v) is 4.17. The number of halogens is 6. The Kier molecular flexibility index (Phi) is 6.43. The maximum Gasteiger partial charge on any atom is 0.416 e. The third-order valence-corrected chi connectivity index (χ3v) is 6.39. The number of rotatable bonds is 4. The minimum Gasteiger partial charge on any atom is -0.357 e. The van der Waals surface area contributed by atoms with Gasteiger partial charge >= 0.3 is 6.18 Å². The van der Waals surface area contributed by atoms with Crippen LogP contribution in [0.3, 0.4) is 0 Å². The van der Waals surface area contributed by atoms with Gasteiger partial charge in [0.15, 0.2) is 0 Å². The minimum absolute atomic E-state index is 0.0233. The fourth-order valence-electron chi connectivity index (χ4n) is 2.60. The highest BCUT2D eigenvalue weighted by atomic mass is 79.9. The predicted octanol–water partition coefficient (Wildman–Crippen LogP) is 5.88. The lowest BCUT2D eigenvalue weighted by Crippen LogP contribution is -2.48. The summed E-state index contributed by atoms with van der Waals surface area (Å²) in [4.78, 5) is 1.47. The van der Waals surface area contributed by atoms with Crippen molar-refractivity contribution in [1.82, 2.24) is 20.3 Å². The van der Waals surface area contributed by atoms with Crippen LogP contribution in [-0.4, -0.2) is 25.5 Å². The van der Waals surface area contributed by atoms with Gasteiger partial charge in [0.1, 0.15) is 21.6 Å². The summed E-state index contributed by atoms with van der Waals surface area (Å²) < 4.78 is 39.4. The van der Waals surface area contributed by atoms with E-state index in [1.807, 2.05) is 0 Å². The molecule has 1 atom stereocenters. The Labute approximate surface area is 196 Å². The van der Waals surface area contributed by atoms with Gasteiger partial charge in [-0.3, -0.25) is 0 Å². The number of benzene rings is 2. The molecule has 1 unspecified atom stereocenters. The van der Waals surface area contributed by atoms with Gasteiger partial charge in [0, 0.05) is 10.0 Å². The van der Waals surface area contributed by atoms with Crippen LogP contribution >= 0.6 is 55.7 Å². The van der Waals surface area contributed by atoms with Crippen molar-refractivity contribution in [2.45, 2.75) is 25.2 Å². The summed E-state index contributed by atoms with van der Waals surface area (Å²) in [5.74, 6) is 0. The molecule has 0 radical (unpaired) electrons. The second kappa shape index (κ2) is 8.42. The lowest BCUT2D eigenvalue weighted by molar-refractivity contribution is -0.137. The number of nitrogens with zero attached hydrogens (tertiary/aromatic N) is 4. The highest BCUT2D eigenvalue weighted by molar-refractivity contribution is 9.11. The Morgan fingerprint density at radius 2 is 1.83 bits per heavy atom. The molecule has 0 amide bonds. The molecule has 1 N–H and O–H groups in total. The summed E-state index contributed by atoms with van der Waals surface area (Å²) in [6, 6.07) is 8.18. The van der Waals surface area contributed by atoms with Gasteiger partial charge in [-0.05, 0) is 57.0 Å². The molecule has 3 rings (SSSR count). The SMILES string of the molecule is CC(C#N)(Cn1nc2c(Br)cc(Cl)c(Br)c2n1)NC(=S)c1ccc(C(F)(F)F)cc1. The zero-order valence-corrected chi connectivity index (χ0v) is 19.8. The quantitative estimate of drug-likeness (QED) is 0.308. The first-order chi connectivity index (χ1) is 13.9. The lowest BCUT2D eigenvalue weighted by atomic mass is 10.0. The third-order valence-electron chi connectivity index (χ3n) is 4.12. The van der Waals surface area contributed by atoms with Crippen molar-refractivity contribution in [1.29, 1.82) is 5.26 Å². The molecule has 0 saturated carbocycles. The van der Waals surface area contributed by atoms with Gasteiger partial charge in [-0.25, -0.2) is 0 Å². The highest BCUT2D eigenvalue weighted by Gasteiger charge is 2.31. The number of hydrogen-bond donors (Lipinski definition) is 1. The molecule has 0 bridgehead atoms. The van der Waals surface area contributed by atoms with Crippen LogP contribution in [0.1, 0.15) is 18.1 Å². The minimum atomic E-state index is -4.44. The maximum atomic E-state index is 12.7. The van der Waals surface area contributed by atoms with Crippen molar-refractivity contribution < 1.29 is 13.2 Å². The molecule has 1 heterocycles. The molecule has 0 aliphatic rings. The molecule has 30 heavy (non-hydrogen) atoms. The summed E-state index contributed by atoms with van der Waals surface area (Å²) in [5.41, 5.74) is -0.580. The molecule has 156 valence electrons. The Morgan fingerprint density at radius 3 is 2.40 bits per heavy atom. The van der Waals surface area contributed by atoms with Gasteiger partial charge in [0.25, 0.3) is 0 Å². The zero-order chi connectivity index (χ0) is 22.3. The van der Waals surface area contributed by atoms with Crippen molar-refractivity contribution in [2.24, 2.45) is 0 Å². The average molecular weight is 582 g/mol. The van der Waals surface area contributed by atoms with Crippen LogP contribution in [0, 0.1) is 11.3 Å². The van der Waals surface area contributed by atoms with E-state index in [9.17, 15) is 18.4 Å². The molecule has 3 aromatic rings. The van der Waals surface area contributed by atoms with E-state index in [1.165, 1.54) is 16.9 Å². The molecule has 1 aromatic heterocycles. The number of alkyl halides is 3. The molecular weight excluding hydrogens is 571 g/mol. The number of aromatic nitrogens is 3. The Hall–Kier alpha value is -1.74. The molecule has 0 aliphatic carbocycles. The summed E-state index contributed by atoms with van der Waals surface area (Å²) >= 11 is 18.2. The topological polar surface area (TPSA) is 66.5 Å². The molecule has 0 fully saturated rings. The number of fused-ring (bicyclic) bond motifs is 1. The summed E-state index contributed by atoms with van der Waals surface area (Å²) in [7, 11) is 0. The van der Waals surface area contributed by atoms with Crippen LogP contribution in [0.15, 0.2) is 39.3 Å². The predicted molar refractivity (Wildman–Crippen MR) is 118 cm³/mol. The van der Waals surface area contributed by atoms with E-state index in [4.69, 9.17) is 23.8 Å². The fraction of sp³-hybridized carbons (Fsp3) is 0.222. The number of nitriles is 1. The first kappa shape index (κ1) is 22.9. The van der Waals surface area contributed by atoms with Crippen LogP contribution in [0.5, 0.6) is 0 Å². The summed E-state index contributed by atoms with van der Waals surface area (Å²) in [5, 5.41) is 21.8. The number of nitrogens with one attached hydrogen (secondary N) is 1. The van der Waals surface area contributed by atoms with Gasteiger partial charge in [-0.15, -0.1) is 0 Å². The normalized spacial score (nSPS) is 13.7. The molecular formula is C18H11Br2ClF3N5S. The van der Waals surface area contributed by atoms with E-state index in [2.05, 4.69) is 53.4 Å². The highest BCUT2D eigenvalue weighted by Crippen LogP contribution is 2.34. The van der Waals surface area contributed by atoms with E-state index in [0.29, 0.717) is 30.6 Å². The molecule has 0 spiro atoms. The average Bonchev–Trinajstić information content (AvgIpc) is 3.09. The van der Waals surface area contributed by atoms with E-state index < -0.39 is 17.3 Å². The largest absolute Gasteiger partial charge is 0.416 e. The van der Waals surface area contributed by atoms with Crippen LogP contribution < -0.4 is 5.32 Å². The zero-order valence-electron chi connectivity index (χ0n) is 15.1. The van der Waals surface area contributed by atoms with Crippen LogP contribution in [0.2, 0.25) is 5.02 Å². The third kappa shape index (κ3) is 4.77. The maximum absolute atomic E-state index is 12.7. The van der Waals surface area contributed by atoms with E-state index in [-0.39, 0.29) is 11.5 Å². The molecule has 0 saturated heterocycles. The van der Waals surface area contributed by atoms with Gasteiger partial charge < -0.3 is 5.32 Å². The van der Waals surface area contributed by atoms with Crippen molar-refractivity contribution in [2.75, 3.05) is 0 Å². The summed E-state index contributed by atoms with van der Waals surface area (Å²) in [6.07, 6.45) is -4.44. The van der Waals surface area contributed by atoms with Gasteiger partial charge in [-0.2, -0.15) is 33.4 Å². The second-order valence-electron chi connectivity index (χ2n) is 6.55. The van der Waals surface area contributed by atoms with Gasteiger partial charge in [0.05, 0.1) is 27.7 Å². The van der Waals surface area contributed by atoms with Crippen molar-refractivity contribution in [3.05, 3.63) is 55.4 Å². The molecule has 0 aliphatic heterocycles. The van der Waals surface area contributed by atoms with E-state index in [0.717, 1.165) is 12.1 Å². The van der Waals surface area contributed by atoms with Crippen molar-refractivity contribution in [3.63, 3.8) is 0 Å². The number of thiocarbonyl (C=S) groups is 1. The molecule has 12 heteroatoms. The number of hydrogen-bond acceptors (Lipinski definition) is 4. The lowest BCUT2D eigenvalue weighted by Gasteiger charge is -2.24. The van der Waals surface area contributed by atoms with Gasteiger partial charge in [-0.1, -0.05) is 36.0 Å². The Balaban J connectivity index is 1.83. The monoisotopic (exact) mass is 579 g/mol. The van der Waals surface area contributed by atoms with Crippen LogP contribution in [0.25, 0.3) is 11.0 Å². The van der Waals surface area contributed by atoms with E-state index >= 15 is 0 Å². The van der Waals surface area contributed by atoms with E-state index in [1.54, 1.807) is 13.0 Å².